The van der Waals surface area contributed by atoms with Gasteiger partial charge in [0.15, 0.2) is 0 Å². The lowest BCUT2D eigenvalue weighted by Gasteiger charge is -2.27. The Balaban J connectivity index is 2.09. The highest BCUT2D eigenvalue weighted by Gasteiger charge is 2.31. The maximum absolute atomic E-state index is 13.9. The molecule has 2 rings (SSSR count). The third kappa shape index (κ3) is 5.54. The van der Waals surface area contributed by atoms with Crippen LogP contribution in [0.3, 0.4) is 0 Å². The van der Waals surface area contributed by atoms with Gasteiger partial charge in [-0.15, -0.1) is 0 Å². The van der Waals surface area contributed by atoms with Crippen LogP contribution in [0.4, 0.5) is 8.78 Å². The Morgan fingerprint density at radius 1 is 0.864 bits per heavy atom. The average molecular weight is 305 g/mol. The first kappa shape index (κ1) is 16.6. The Morgan fingerprint density at radius 3 is 1.73 bits per heavy atom. The van der Waals surface area contributed by atoms with Gasteiger partial charge in [-0.05, 0) is 11.1 Å². The molecule has 0 heterocycles. The summed E-state index contributed by atoms with van der Waals surface area (Å²) in [5.74, 6) is -2.86. The molecule has 118 valence electrons. The largest absolute Gasteiger partial charge is 0.378 e. The molecule has 0 radical (unpaired) electrons. The van der Waals surface area contributed by atoms with E-state index < -0.39 is 12.5 Å². The number of alkyl halides is 2. The van der Waals surface area contributed by atoms with E-state index in [-0.39, 0.29) is 6.54 Å². The van der Waals surface area contributed by atoms with Crippen LogP contribution in [0.5, 0.6) is 0 Å². The predicted molar refractivity (Wildman–Crippen MR) is 83.8 cm³/mol. The fourth-order valence-corrected chi connectivity index (χ4v) is 2.43. The topological polar surface area (TPSA) is 12.5 Å². The van der Waals surface area contributed by atoms with Gasteiger partial charge in [0.2, 0.25) is 0 Å². The Labute approximate surface area is 130 Å². The van der Waals surface area contributed by atoms with Crippen LogP contribution in [-0.4, -0.2) is 31.1 Å². The Morgan fingerprint density at radius 2 is 1.32 bits per heavy atom. The number of halogens is 2. The smallest absolute Gasteiger partial charge is 0.283 e. The highest BCUT2D eigenvalue weighted by atomic mass is 19.3. The monoisotopic (exact) mass is 305 g/mol. The van der Waals surface area contributed by atoms with E-state index in [0.717, 1.165) is 11.1 Å². The molecule has 0 atom stereocenters. The van der Waals surface area contributed by atoms with Crippen LogP contribution in [0.1, 0.15) is 11.1 Å². The summed E-state index contributed by atoms with van der Waals surface area (Å²) in [5.41, 5.74) is 2.04. The second-order valence-corrected chi connectivity index (χ2v) is 5.41. The lowest BCUT2D eigenvalue weighted by molar-refractivity contribution is -0.0869. The van der Waals surface area contributed by atoms with Crippen molar-refractivity contribution in [3.8, 4) is 0 Å². The van der Waals surface area contributed by atoms with Gasteiger partial charge in [-0.1, -0.05) is 60.7 Å². The maximum atomic E-state index is 13.9. The minimum absolute atomic E-state index is 0.329. The molecular weight excluding hydrogens is 284 g/mol. The summed E-state index contributed by atoms with van der Waals surface area (Å²) in [6.45, 7) is 0.0712. The number of methoxy groups -OCH3 is 1. The molecule has 0 unspecified atom stereocenters. The van der Waals surface area contributed by atoms with E-state index in [1.54, 1.807) is 4.90 Å². The summed E-state index contributed by atoms with van der Waals surface area (Å²) in [7, 11) is 1.30. The molecule has 0 bridgehead atoms. The first-order chi connectivity index (χ1) is 10.6. The number of ether oxygens (including phenoxy) is 1. The van der Waals surface area contributed by atoms with E-state index in [2.05, 4.69) is 4.74 Å². The molecular formula is C18H21F2NO. The van der Waals surface area contributed by atoms with Crippen LogP contribution >= 0.6 is 0 Å². The van der Waals surface area contributed by atoms with Gasteiger partial charge in [-0.3, -0.25) is 4.90 Å². The fourth-order valence-electron chi connectivity index (χ4n) is 2.43. The Hall–Kier alpha value is -1.78. The molecule has 0 aliphatic carbocycles. The van der Waals surface area contributed by atoms with E-state index in [1.165, 1.54) is 7.11 Å². The number of hydrogen-bond acceptors (Lipinski definition) is 2. The van der Waals surface area contributed by atoms with Crippen molar-refractivity contribution in [3.05, 3.63) is 71.8 Å². The van der Waals surface area contributed by atoms with Gasteiger partial charge >= 0.3 is 0 Å². The Kier molecular flexibility index (Phi) is 6.04. The molecule has 22 heavy (non-hydrogen) atoms. The van der Waals surface area contributed by atoms with Crippen molar-refractivity contribution in [2.75, 3.05) is 20.3 Å². The molecule has 0 aliphatic heterocycles. The lowest BCUT2D eigenvalue weighted by atomic mass is 10.1. The van der Waals surface area contributed by atoms with Gasteiger partial charge in [0.1, 0.15) is 6.61 Å². The number of rotatable bonds is 8. The van der Waals surface area contributed by atoms with Crippen LogP contribution in [0.25, 0.3) is 0 Å². The first-order valence-corrected chi connectivity index (χ1v) is 7.26. The van der Waals surface area contributed by atoms with Gasteiger partial charge in [-0.2, -0.15) is 0 Å². The molecule has 0 fully saturated rings. The molecule has 0 amide bonds. The van der Waals surface area contributed by atoms with Gasteiger partial charge < -0.3 is 4.74 Å². The summed E-state index contributed by atoms with van der Waals surface area (Å²) in [5, 5.41) is 0. The van der Waals surface area contributed by atoms with Gasteiger partial charge in [0.05, 0.1) is 6.54 Å². The molecule has 2 aromatic rings. The van der Waals surface area contributed by atoms with E-state index in [0.29, 0.717) is 13.1 Å². The lowest BCUT2D eigenvalue weighted by Crippen LogP contribution is -2.39. The summed E-state index contributed by atoms with van der Waals surface area (Å²) >= 11 is 0. The second kappa shape index (κ2) is 8.01. The van der Waals surface area contributed by atoms with E-state index in [9.17, 15) is 8.78 Å². The molecule has 0 N–H and O–H groups in total. The van der Waals surface area contributed by atoms with Gasteiger partial charge in [-0.25, -0.2) is 8.78 Å². The molecule has 0 saturated heterocycles. The molecule has 2 nitrogen and oxygen atoms in total. The molecule has 0 spiro atoms. The zero-order valence-electron chi connectivity index (χ0n) is 12.7. The van der Waals surface area contributed by atoms with Crippen LogP contribution in [-0.2, 0) is 17.8 Å². The van der Waals surface area contributed by atoms with Crippen molar-refractivity contribution in [3.63, 3.8) is 0 Å². The third-order valence-corrected chi connectivity index (χ3v) is 3.31. The first-order valence-electron chi connectivity index (χ1n) is 7.26. The van der Waals surface area contributed by atoms with Crippen LogP contribution in [0, 0.1) is 0 Å². The zero-order valence-corrected chi connectivity index (χ0v) is 12.7. The summed E-state index contributed by atoms with van der Waals surface area (Å²) < 4.78 is 32.5. The van der Waals surface area contributed by atoms with E-state index in [4.69, 9.17) is 0 Å². The van der Waals surface area contributed by atoms with Gasteiger partial charge in [0.25, 0.3) is 5.92 Å². The Bertz CT molecular complexity index is 504. The van der Waals surface area contributed by atoms with Crippen LogP contribution in [0.15, 0.2) is 60.7 Å². The SMILES string of the molecule is COCC(F)(F)CN(Cc1ccccc1)Cc1ccccc1. The fraction of sp³-hybridized carbons (Fsp3) is 0.333. The van der Waals surface area contributed by atoms with Crippen molar-refractivity contribution < 1.29 is 13.5 Å². The van der Waals surface area contributed by atoms with Crippen molar-refractivity contribution in [1.82, 2.24) is 4.90 Å². The molecule has 2 aromatic carbocycles. The number of hydrogen-bond donors (Lipinski definition) is 0. The molecule has 0 aromatic heterocycles. The summed E-state index contributed by atoms with van der Waals surface area (Å²) in [4.78, 5) is 1.75. The van der Waals surface area contributed by atoms with E-state index in [1.807, 2.05) is 60.7 Å². The van der Waals surface area contributed by atoms with Gasteiger partial charge in [0, 0.05) is 20.2 Å². The third-order valence-electron chi connectivity index (χ3n) is 3.31. The van der Waals surface area contributed by atoms with Crippen LogP contribution in [0.2, 0.25) is 0 Å². The standard InChI is InChI=1S/C18H21F2NO/c1-22-15-18(19,20)14-21(12-16-8-4-2-5-9-16)13-17-10-6-3-7-11-17/h2-11H,12-15H2,1H3. The van der Waals surface area contributed by atoms with Crippen molar-refractivity contribution in [1.29, 1.82) is 0 Å². The van der Waals surface area contributed by atoms with Crippen molar-refractivity contribution in [2.24, 2.45) is 0 Å². The van der Waals surface area contributed by atoms with Crippen LogP contribution < -0.4 is 0 Å². The molecule has 0 aliphatic rings. The highest BCUT2D eigenvalue weighted by molar-refractivity contribution is 5.17. The average Bonchev–Trinajstić information content (AvgIpc) is 2.48. The molecule has 4 heteroatoms. The minimum Gasteiger partial charge on any atom is -0.378 e. The zero-order chi connectivity index (χ0) is 15.8. The normalized spacial score (nSPS) is 11.8. The predicted octanol–water partition coefficient (Wildman–Crippen LogP) is 3.97. The van der Waals surface area contributed by atoms with Crippen molar-refractivity contribution in [2.45, 2.75) is 19.0 Å². The summed E-state index contributed by atoms with van der Waals surface area (Å²) in [6, 6.07) is 19.3. The number of benzene rings is 2. The second-order valence-electron chi connectivity index (χ2n) is 5.41. The maximum Gasteiger partial charge on any atom is 0.283 e. The highest BCUT2D eigenvalue weighted by Crippen LogP contribution is 2.19. The summed E-state index contributed by atoms with van der Waals surface area (Å²) in [6.07, 6.45) is 0. The quantitative estimate of drug-likeness (QED) is 0.731. The minimum atomic E-state index is -2.86. The molecule has 0 saturated carbocycles. The van der Waals surface area contributed by atoms with E-state index >= 15 is 0 Å². The van der Waals surface area contributed by atoms with Crippen molar-refractivity contribution >= 4 is 0 Å². The number of nitrogens with zero attached hydrogens (tertiary/aromatic N) is 1.